The van der Waals surface area contributed by atoms with Crippen molar-refractivity contribution in [3.63, 3.8) is 0 Å². The van der Waals surface area contributed by atoms with Crippen LogP contribution in [0.1, 0.15) is 20.9 Å². The molecule has 1 amide bonds. The largest absolute Gasteiger partial charge is 0.398 e. The minimum Gasteiger partial charge on any atom is -0.398 e. The van der Waals surface area contributed by atoms with Gasteiger partial charge in [0.05, 0.1) is 28.5 Å². The van der Waals surface area contributed by atoms with E-state index in [9.17, 15) is 4.79 Å². The minimum atomic E-state index is -0.0869. The molecule has 0 unspecified atom stereocenters. The molecule has 1 heterocycles. The highest BCUT2D eigenvalue weighted by molar-refractivity contribution is 7.09. The minimum absolute atomic E-state index is 0.0869. The maximum absolute atomic E-state index is 12.3. The molecule has 0 aliphatic heterocycles. The van der Waals surface area contributed by atoms with Gasteiger partial charge in [-0.25, -0.2) is 4.98 Å². The zero-order valence-electron chi connectivity index (χ0n) is 10.7. The zero-order chi connectivity index (χ0) is 14.0. The molecule has 2 aromatic rings. The molecule has 1 aromatic carbocycles. The van der Waals surface area contributed by atoms with E-state index in [0.29, 0.717) is 22.8 Å². The molecule has 0 fully saturated rings. The number of anilines is 1. The quantitative estimate of drug-likeness (QED) is 0.886. The molecular formula is C13H14ClN3OS. The van der Waals surface area contributed by atoms with Gasteiger partial charge in [-0.05, 0) is 25.1 Å². The van der Waals surface area contributed by atoms with Gasteiger partial charge in [-0.15, -0.1) is 11.3 Å². The van der Waals surface area contributed by atoms with Crippen LogP contribution in [0.3, 0.4) is 0 Å². The summed E-state index contributed by atoms with van der Waals surface area (Å²) in [5, 5.41) is 0.456. The molecule has 0 bridgehead atoms. The topological polar surface area (TPSA) is 59.2 Å². The summed E-state index contributed by atoms with van der Waals surface area (Å²) in [4.78, 5) is 19.2. The number of nitrogens with two attached hydrogens (primary N) is 1. The molecule has 19 heavy (non-hydrogen) atoms. The fourth-order valence-corrected chi connectivity index (χ4v) is 2.61. The molecule has 0 atom stereocenters. The van der Waals surface area contributed by atoms with Gasteiger partial charge >= 0.3 is 0 Å². The molecule has 6 heteroatoms. The predicted molar refractivity (Wildman–Crippen MR) is 78.5 cm³/mol. The van der Waals surface area contributed by atoms with Crippen LogP contribution in [0.5, 0.6) is 0 Å². The summed E-state index contributed by atoms with van der Waals surface area (Å²) in [6.45, 7) is 2.47. The molecule has 2 rings (SSSR count). The molecule has 0 aliphatic rings. The monoisotopic (exact) mass is 295 g/mol. The molecule has 1 aromatic heterocycles. The van der Waals surface area contributed by atoms with Gasteiger partial charge in [-0.3, -0.25) is 4.79 Å². The van der Waals surface area contributed by atoms with E-state index in [-0.39, 0.29) is 5.91 Å². The van der Waals surface area contributed by atoms with E-state index in [0.717, 1.165) is 10.6 Å². The highest BCUT2D eigenvalue weighted by Gasteiger charge is 2.14. The molecule has 0 saturated heterocycles. The standard InChI is InChI=1S/C13H14ClN3OS/c1-8-12(19-7-16-8)6-17(2)13(18)9-3-4-10(14)11(15)5-9/h3-5,7H,6,15H2,1-2H3. The second-order valence-corrected chi connectivity index (χ2v) is 5.60. The van der Waals surface area contributed by atoms with E-state index in [1.807, 2.05) is 6.92 Å². The number of halogens is 1. The fourth-order valence-electron chi connectivity index (χ4n) is 1.66. The third-order valence-electron chi connectivity index (χ3n) is 2.82. The number of hydrogen-bond donors (Lipinski definition) is 1. The maximum atomic E-state index is 12.3. The highest BCUT2D eigenvalue weighted by atomic mass is 35.5. The summed E-state index contributed by atoms with van der Waals surface area (Å²) in [6.07, 6.45) is 0. The summed E-state index contributed by atoms with van der Waals surface area (Å²) in [5.74, 6) is -0.0869. The van der Waals surface area contributed by atoms with Crippen LogP contribution in [0, 0.1) is 6.92 Å². The summed E-state index contributed by atoms with van der Waals surface area (Å²) < 4.78 is 0. The SMILES string of the molecule is Cc1ncsc1CN(C)C(=O)c1ccc(Cl)c(N)c1. The van der Waals surface area contributed by atoms with Crippen LogP contribution in [-0.4, -0.2) is 22.8 Å². The maximum Gasteiger partial charge on any atom is 0.253 e. The van der Waals surface area contributed by atoms with Crippen molar-refractivity contribution in [1.29, 1.82) is 0 Å². The highest BCUT2D eigenvalue weighted by Crippen LogP contribution is 2.21. The number of aromatic nitrogens is 1. The Morgan fingerprint density at radius 1 is 1.53 bits per heavy atom. The van der Waals surface area contributed by atoms with Crippen LogP contribution in [0.4, 0.5) is 5.69 Å². The van der Waals surface area contributed by atoms with Gasteiger partial charge in [-0.1, -0.05) is 11.6 Å². The van der Waals surface area contributed by atoms with Gasteiger partial charge in [0.1, 0.15) is 0 Å². The molecular weight excluding hydrogens is 282 g/mol. The summed E-state index contributed by atoms with van der Waals surface area (Å²) in [6, 6.07) is 4.91. The van der Waals surface area contributed by atoms with Crippen molar-refractivity contribution < 1.29 is 4.79 Å². The number of nitrogen functional groups attached to an aromatic ring is 1. The van der Waals surface area contributed by atoms with Gasteiger partial charge in [0, 0.05) is 17.5 Å². The van der Waals surface area contributed by atoms with Crippen LogP contribution in [0.25, 0.3) is 0 Å². The van der Waals surface area contributed by atoms with Gasteiger partial charge in [0.2, 0.25) is 0 Å². The normalized spacial score (nSPS) is 10.5. The number of thiazole rings is 1. The molecule has 4 nitrogen and oxygen atoms in total. The molecule has 0 saturated carbocycles. The second kappa shape index (κ2) is 5.59. The number of nitrogens with zero attached hydrogens (tertiary/aromatic N) is 2. The average Bonchev–Trinajstić information content (AvgIpc) is 2.77. The first-order chi connectivity index (χ1) is 8.99. The first-order valence-corrected chi connectivity index (χ1v) is 6.94. The number of benzene rings is 1. The van der Waals surface area contributed by atoms with Crippen molar-refractivity contribution in [1.82, 2.24) is 9.88 Å². The van der Waals surface area contributed by atoms with E-state index in [4.69, 9.17) is 17.3 Å². The Morgan fingerprint density at radius 3 is 2.84 bits per heavy atom. The van der Waals surface area contributed by atoms with Crippen LogP contribution in [0.15, 0.2) is 23.7 Å². The van der Waals surface area contributed by atoms with Crippen molar-refractivity contribution in [3.05, 3.63) is 44.9 Å². The summed E-state index contributed by atoms with van der Waals surface area (Å²) in [7, 11) is 1.76. The lowest BCUT2D eigenvalue weighted by molar-refractivity contribution is 0.0786. The number of amides is 1. The van der Waals surface area contributed by atoms with E-state index in [2.05, 4.69) is 4.98 Å². The molecule has 0 radical (unpaired) electrons. The van der Waals surface area contributed by atoms with Crippen LogP contribution in [0.2, 0.25) is 5.02 Å². The summed E-state index contributed by atoms with van der Waals surface area (Å²) >= 11 is 7.39. The van der Waals surface area contributed by atoms with Crippen LogP contribution < -0.4 is 5.73 Å². The zero-order valence-corrected chi connectivity index (χ0v) is 12.3. The van der Waals surface area contributed by atoms with Crippen LogP contribution >= 0.6 is 22.9 Å². The lowest BCUT2D eigenvalue weighted by atomic mass is 10.2. The third kappa shape index (κ3) is 3.05. The van der Waals surface area contributed by atoms with E-state index >= 15 is 0 Å². The molecule has 100 valence electrons. The first kappa shape index (κ1) is 13.8. The van der Waals surface area contributed by atoms with Gasteiger partial charge in [0.25, 0.3) is 5.91 Å². The Bertz CT molecular complexity index is 612. The Hall–Kier alpha value is -1.59. The lowest BCUT2D eigenvalue weighted by Crippen LogP contribution is -2.26. The van der Waals surface area contributed by atoms with E-state index < -0.39 is 0 Å². The smallest absolute Gasteiger partial charge is 0.253 e. The Balaban J connectivity index is 2.15. The number of hydrogen-bond acceptors (Lipinski definition) is 4. The predicted octanol–water partition coefficient (Wildman–Crippen LogP) is 2.96. The Morgan fingerprint density at radius 2 is 2.26 bits per heavy atom. The van der Waals surface area contributed by atoms with E-state index in [1.54, 1.807) is 47.0 Å². The average molecular weight is 296 g/mol. The van der Waals surface area contributed by atoms with E-state index in [1.165, 1.54) is 0 Å². The van der Waals surface area contributed by atoms with Crippen molar-refractivity contribution in [2.45, 2.75) is 13.5 Å². The number of carbonyl (C=O) groups is 1. The van der Waals surface area contributed by atoms with Crippen molar-refractivity contribution >= 4 is 34.5 Å². The van der Waals surface area contributed by atoms with Gasteiger partial charge in [0.15, 0.2) is 0 Å². The van der Waals surface area contributed by atoms with Gasteiger partial charge in [-0.2, -0.15) is 0 Å². The van der Waals surface area contributed by atoms with Crippen molar-refractivity contribution in [3.8, 4) is 0 Å². The first-order valence-electron chi connectivity index (χ1n) is 5.68. The Kier molecular flexibility index (Phi) is 4.07. The summed E-state index contributed by atoms with van der Waals surface area (Å²) in [5.41, 5.74) is 9.39. The number of carbonyl (C=O) groups excluding carboxylic acids is 1. The van der Waals surface area contributed by atoms with Crippen molar-refractivity contribution in [2.24, 2.45) is 0 Å². The Labute approximate surface area is 120 Å². The van der Waals surface area contributed by atoms with Gasteiger partial charge < -0.3 is 10.6 Å². The molecule has 0 aliphatic carbocycles. The number of rotatable bonds is 3. The number of aryl methyl sites for hydroxylation is 1. The van der Waals surface area contributed by atoms with Crippen LogP contribution in [-0.2, 0) is 6.54 Å². The fraction of sp³-hybridized carbons (Fsp3) is 0.231. The molecule has 2 N–H and O–H groups in total. The lowest BCUT2D eigenvalue weighted by Gasteiger charge is -2.17. The molecule has 0 spiro atoms. The third-order valence-corrected chi connectivity index (χ3v) is 4.08. The second-order valence-electron chi connectivity index (χ2n) is 4.26. The van der Waals surface area contributed by atoms with Crippen molar-refractivity contribution in [2.75, 3.05) is 12.8 Å².